The number of nitrogens with one attached hydrogen (secondary N) is 1. The lowest BCUT2D eigenvalue weighted by Crippen LogP contribution is -2.45. The monoisotopic (exact) mass is 313 g/mol. The van der Waals surface area contributed by atoms with Crippen molar-refractivity contribution >= 4 is 6.03 Å². The van der Waals surface area contributed by atoms with E-state index in [1.54, 1.807) is 0 Å². The Hall–Kier alpha value is -2.63. The van der Waals surface area contributed by atoms with Crippen LogP contribution in [0, 0.1) is 0 Å². The molecular formula is C17H19N3O3. The summed E-state index contributed by atoms with van der Waals surface area (Å²) in [7, 11) is 0. The molecule has 3 heterocycles. The normalized spacial score (nSPS) is 18.7. The first-order chi connectivity index (χ1) is 11.2. The van der Waals surface area contributed by atoms with Crippen molar-refractivity contribution < 1.29 is 14.3 Å². The highest BCUT2D eigenvalue weighted by molar-refractivity contribution is 5.74. The molecule has 0 radical (unpaired) electrons. The molecule has 1 N–H and O–H groups in total. The minimum atomic E-state index is -0.0392. The number of carbonyl (C=O) groups excluding carboxylic acids is 1. The third-order valence-electron chi connectivity index (χ3n) is 4.48. The van der Waals surface area contributed by atoms with Crippen LogP contribution in [0.4, 0.5) is 4.79 Å². The van der Waals surface area contributed by atoms with Gasteiger partial charge in [-0.05, 0) is 36.8 Å². The lowest BCUT2D eigenvalue weighted by molar-refractivity contribution is 0.162. The second-order valence-electron chi connectivity index (χ2n) is 5.84. The lowest BCUT2D eigenvalue weighted by atomic mass is 10.1. The molecule has 120 valence electrons. The van der Waals surface area contributed by atoms with E-state index in [2.05, 4.69) is 29.1 Å². The van der Waals surface area contributed by atoms with E-state index in [4.69, 9.17) is 9.47 Å². The second-order valence-corrected chi connectivity index (χ2v) is 5.84. The van der Waals surface area contributed by atoms with Crippen molar-refractivity contribution in [1.29, 1.82) is 0 Å². The maximum atomic E-state index is 12.5. The number of hydrogen-bond acceptors (Lipinski definition) is 3. The second kappa shape index (κ2) is 5.53. The molecule has 0 bridgehead atoms. The van der Waals surface area contributed by atoms with Crippen molar-refractivity contribution in [1.82, 2.24) is 14.8 Å². The SMILES string of the molecule is C[C@@H]1c2cccn2CCN1C(=O)NCc1ccc2c(c1)OCO2. The maximum Gasteiger partial charge on any atom is 0.318 e. The zero-order valence-corrected chi connectivity index (χ0v) is 13.0. The van der Waals surface area contributed by atoms with E-state index < -0.39 is 0 Å². The van der Waals surface area contributed by atoms with Gasteiger partial charge in [0.05, 0.1) is 6.04 Å². The van der Waals surface area contributed by atoms with E-state index in [1.165, 1.54) is 5.69 Å². The fourth-order valence-electron chi connectivity index (χ4n) is 3.19. The van der Waals surface area contributed by atoms with Crippen LogP contribution in [0.25, 0.3) is 0 Å². The molecule has 2 aromatic rings. The largest absolute Gasteiger partial charge is 0.454 e. The summed E-state index contributed by atoms with van der Waals surface area (Å²) in [6, 6.07) is 9.87. The van der Waals surface area contributed by atoms with Crippen LogP contribution in [-0.4, -0.2) is 28.8 Å². The fourth-order valence-corrected chi connectivity index (χ4v) is 3.19. The number of benzene rings is 1. The van der Waals surface area contributed by atoms with Crippen molar-refractivity contribution in [2.75, 3.05) is 13.3 Å². The molecule has 0 fully saturated rings. The van der Waals surface area contributed by atoms with Crippen LogP contribution in [0.5, 0.6) is 11.5 Å². The van der Waals surface area contributed by atoms with Gasteiger partial charge in [0.15, 0.2) is 11.5 Å². The summed E-state index contributed by atoms with van der Waals surface area (Å²) in [6.45, 7) is 4.35. The molecule has 6 heteroatoms. The van der Waals surface area contributed by atoms with Crippen LogP contribution < -0.4 is 14.8 Å². The molecule has 4 rings (SSSR count). The number of rotatable bonds is 2. The van der Waals surface area contributed by atoms with Gasteiger partial charge in [0.1, 0.15) is 0 Å². The van der Waals surface area contributed by atoms with Crippen LogP contribution >= 0.6 is 0 Å². The Morgan fingerprint density at radius 2 is 2.13 bits per heavy atom. The Labute approximate surface area is 134 Å². The number of fused-ring (bicyclic) bond motifs is 2. The van der Waals surface area contributed by atoms with E-state index in [0.29, 0.717) is 6.54 Å². The van der Waals surface area contributed by atoms with E-state index >= 15 is 0 Å². The molecule has 2 aliphatic heterocycles. The molecule has 0 unspecified atom stereocenters. The van der Waals surface area contributed by atoms with Gasteiger partial charge in [-0.1, -0.05) is 6.07 Å². The molecular weight excluding hydrogens is 294 g/mol. The highest BCUT2D eigenvalue weighted by atomic mass is 16.7. The molecule has 2 amide bonds. The highest BCUT2D eigenvalue weighted by Gasteiger charge is 2.27. The van der Waals surface area contributed by atoms with E-state index in [9.17, 15) is 4.79 Å². The standard InChI is InChI=1S/C17H19N3O3/c1-12-14-3-2-6-19(14)7-8-20(12)17(21)18-10-13-4-5-15-16(9-13)23-11-22-15/h2-6,9,12H,7-8,10-11H2,1H3,(H,18,21)/t12-/m1/s1. The summed E-state index contributed by atoms with van der Waals surface area (Å²) in [5, 5.41) is 2.99. The number of amides is 2. The topological polar surface area (TPSA) is 55.7 Å². The summed E-state index contributed by atoms with van der Waals surface area (Å²) in [5.41, 5.74) is 2.17. The molecule has 1 aromatic heterocycles. The Morgan fingerprint density at radius 1 is 1.26 bits per heavy atom. The molecule has 23 heavy (non-hydrogen) atoms. The lowest BCUT2D eigenvalue weighted by Gasteiger charge is -2.34. The third-order valence-corrected chi connectivity index (χ3v) is 4.48. The first kappa shape index (κ1) is 14.0. The summed E-state index contributed by atoms with van der Waals surface area (Å²) >= 11 is 0. The Bertz CT molecular complexity index is 740. The van der Waals surface area contributed by atoms with Gasteiger partial charge in [0.2, 0.25) is 6.79 Å². The van der Waals surface area contributed by atoms with Crippen molar-refractivity contribution in [2.24, 2.45) is 0 Å². The van der Waals surface area contributed by atoms with Gasteiger partial charge in [-0.15, -0.1) is 0 Å². The summed E-state index contributed by atoms with van der Waals surface area (Å²) in [6.07, 6.45) is 2.06. The van der Waals surface area contributed by atoms with E-state index in [1.807, 2.05) is 29.2 Å². The maximum absolute atomic E-state index is 12.5. The Kier molecular flexibility index (Phi) is 3.37. The minimum absolute atomic E-state index is 0.0392. The average molecular weight is 313 g/mol. The summed E-state index contributed by atoms with van der Waals surface area (Å²) in [5.74, 6) is 1.49. The molecule has 2 aliphatic rings. The first-order valence-corrected chi connectivity index (χ1v) is 7.80. The molecule has 1 atom stereocenters. The number of aromatic nitrogens is 1. The van der Waals surface area contributed by atoms with Gasteiger partial charge in [-0.3, -0.25) is 0 Å². The van der Waals surface area contributed by atoms with E-state index in [0.717, 1.165) is 30.2 Å². The zero-order chi connectivity index (χ0) is 15.8. The zero-order valence-electron chi connectivity index (χ0n) is 13.0. The number of nitrogens with zero attached hydrogens (tertiary/aromatic N) is 2. The summed E-state index contributed by atoms with van der Waals surface area (Å²) in [4.78, 5) is 14.4. The average Bonchev–Trinajstić information content (AvgIpc) is 3.21. The summed E-state index contributed by atoms with van der Waals surface area (Å²) < 4.78 is 12.9. The molecule has 1 aromatic carbocycles. The van der Waals surface area contributed by atoms with Crippen LogP contribution in [0.15, 0.2) is 36.5 Å². The fraction of sp³-hybridized carbons (Fsp3) is 0.353. The minimum Gasteiger partial charge on any atom is -0.454 e. The van der Waals surface area contributed by atoms with E-state index in [-0.39, 0.29) is 18.9 Å². The van der Waals surface area contributed by atoms with Gasteiger partial charge in [-0.25, -0.2) is 4.79 Å². The number of urea groups is 1. The first-order valence-electron chi connectivity index (χ1n) is 7.80. The van der Waals surface area contributed by atoms with Crippen LogP contribution in [0.1, 0.15) is 24.2 Å². The molecule has 6 nitrogen and oxygen atoms in total. The number of carbonyl (C=O) groups is 1. The molecule has 0 saturated heterocycles. The number of hydrogen-bond donors (Lipinski definition) is 1. The van der Waals surface area contributed by atoms with Gasteiger partial charge in [0.25, 0.3) is 0 Å². The van der Waals surface area contributed by atoms with Gasteiger partial charge < -0.3 is 24.3 Å². The predicted molar refractivity (Wildman–Crippen MR) is 84.4 cm³/mol. The predicted octanol–water partition coefficient (Wildman–Crippen LogP) is 2.50. The van der Waals surface area contributed by atoms with Crippen LogP contribution in [0.3, 0.4) is 0 Å². The Morgan fingerprint density at radius 3 is 3.04 bits per heavy atom. The van der Waals surface area contributed by atoms with Gasteiger partial charge >= 0.3 is 6.03 Å². The highest BCUT2D eigenvalue weighted by Crippen LogP contribution is 2.32. The van der Waals surface area contributed by atoms with Crippen LogP contribution in [-0.2, 0) is 13.1 Å². The third kappa shape index (κ3) is 2.50. The van der Waals surface area contributed by atoms with Crippen molar-refractivity contribution in [3.8, 4) is 11.5 Å². The smallest absolute Gasteiger partial charge is 0.318 e. The van der Waals surface area contributed by atoms with Crippen LogP contribution in [0.2, 0.25) is 0 Å². The Balaban J connectivity index is 1.41. The molecule has 0 aliphatic carbocycles. The molecule has 0 spiro atoms. The van der Waals surface area contributed by atoms with Gasteiger partial charge in [0, 0.05) is 31.5 Å². The van der Waals surface area contributed by atoms with Crippen molar-refractivity contribution in [3.05, 3.63) is 47.8 Å². The van der Waals surface area contributed by atoms with Gasteiger partial charge in [-0.2, -0.15) is 0 Å². The van der Waals surface area contributed by atoms with Crippen molar-refractivity contribution in [3.63, 3.8) is 0 Å². The number of ether oxygens (including phenoxy) is 2. The van der Waals surface area contributed by atoms with Crippen molar-refractivity contribution in [2.45, 2.75) is 26.1 Å². The quantitative estimate of drug-likeness (QED) is 0.927. The molecule has 0 saturated carbocycles.